The Morgan fingerprint density at radius 1 is 1.11 bits per heavy atom. The predicted molar refractivity (Wildman–Crippen MR) is 77.4 cm³/mol. The molecular weight excluding hydrogens is 242 g/mol. The second kappa shape index (κ2) is 4.66. The van der Waals surface area contributed by atoms with E-state index in [0.29, 0.717) is 6.54 Å². The first-order valence-electron chi connectivity index (χ1n) is 5.69. The fraction of sp³-hybridized carbons (Fsp3) is 0.0714. The molecule has 0 atom stereocenters. The van der Waals surface area contributed by atoms with Crippen molar-refractivity contribution < 1.29 is 0 Å². The van der Waals surface area contributed by atoms with Crippen LogP contribution in [0.25, 0.3) is 0 Å². The molecule has 1 aromatic heterocycles. The lowest BCUT2D eigenvalue weighted by Crippen LogP contribution is -2.10. The predicted octanol–water partition coefficient (Wildman–Crippen LogP) is 2.67. The molecule has 18 heavy (non-hydrogen) atoms. The van der Waals surface area contributed by atoms with Gasteiger partial charge in [0.1, 0.15) is 4.99 Å². The van der Waals surface area contributed by atoms with E-state index in [9.17, 15) is 0 Å². The molecule has 0 amide bonds. The number of nitrogens with zero attached hydrogens (tertiary/aromatic N) is 2. The summed E-state index contributed by atoms with van der Waals surface area (Å²) in [5.74, 6) is 0. The van der Waals surface area contributed by atoms with E-state index in [2.05, 4.69) is 15.3 Å². The molecule has 88 valence electrons. The van der Waals surface area contributed by atoms with Gasteiger partial charge in [-0.05, 0) is 6.07 Å². The minimum absolute atomic E-state index is 0.508. The quantitative estimate of drug-likeness (QED) is 0.794. The van der Waals surface area contributed by atoms with Gasteiger partial charge in [0.25, 0.3) is 0 Å². The first-order valence-corrected chi connectivity index (χ1v) is 6.09. The van der Waals surface area contributed by atoms with Crippen molar-refractivity contribution in [2.45, 2.75) is 0 Å². The van der Waals surface area contributed by atoms with E-state index in [1.54, 1.807) is 6.20 Å². The van der Waals surface area contributed by atoms with E-state index in [-0.39, 0.29) is 0 Å². The largest absolute Gasteiger partial charge is 0.348 e. The summed E-state index contributed by atoms with van der Waals surface area (Å²) in [5.41, 5.74) is 3.97. The number of nitrogens with one attached hydrogen (secondary N) is 1. The fourth-order valence-corrected chi connectivity index (χ4v) is 2.14. The van der Waals surface area contributed by atoms with Crippen LogP contribution < -0.4 is 5.32 Å². The van der Waals surface area contributed by atoms with Gasteiger partial charge in [-0.2, -0.15) is 0 Å². The van der Waals surface area contributed by atoms with Crippen molar-refractivity contribution in [3.8, 4) is 0 Å². The number of thiocarbonyl (C=S) groups is 1. The zero-order valence-electron chi connectivity index (χ0n) is 9.63. The van der Waals surface area contributed by atoms with E-state index < -0.39 is 0 Å². The Morgan fingerprint density at radius 3 is 2.78 bits per heavy atom. The lowest BCUT2D eigenvalue weighted by atomic mass is 10.0. The maximum atomic E-state index is 5.23. The van der Waals surface area contributed by atoms with E-state index in [0.717, 1.165) is 27.5 Å². The average molecular weight is 253 g/mol. The topological polar surface area (TPSA) is 37.3 Å². The number of rotatable bonds is 1. The molecule has 0 radical (unpaired) electrons. The minimum atomic E-state index is 0.508. The molecule has 0 unspecified atom stereocenters. The third kappa shape index (κ3) is 2.02. The van der Waals surface area contributed by atoms with Gasteiger partial charge in [0.2, 0.25) is 0 Å². The van der Waals surface area contributed by atoms with Crippen molar-refractivity contribution in [2.24, 2.45) is 4.99 Å². The number of aromatic nitrogens is 1. The number of hydrogen-bond acceptors (Lipinski definition) is 3. The van der Waals surface area contributed by atoms with Crippen LogP contribution in [0.2, 0.25) is 0 Å². The third-order valence-corrected chi connectivity index (χ3v) is 3.01. The van der Waals surface area contributed by atoms with Gasteiger partial charge in [-0.15, -0.1) is 0 Å². The Balaban J connectivity index is 2.17. The van der Waals surface area contributed by atoms with Crippen molar-refractivity contribution in [3.63, 3.8) is 0 Å². The van der Waals surface area contributed by atoms with E-state index >= 15 is 0 Å². The second-order valence-corrected chi connectivity index (χ2v) is 4.49. The van der Waals surface area contributed by atoms with Crippen molar-refractivity contribution in [3.05, 3.63) is 59.9 Å². The highest BCUT2D eigenvalue weighted by atomic mass is 32.1. The summed E-state index contributed by atoms with van der Waals surface area (Å²) in [6.07, 6.45) is 3.57. The standard InChI is InChI=1S/C14H11N3S/c18-13-9-16-14(10-4-2-1-3-5-10)11-8-15-7-6-12(11)17-13/h1-8H,9H2,(H,17,18). The molecule has 0 saturated heterocycles. The number of hydrogen-bond donors (Lipinski definition) is 1. The Labute approximate surface area is 111 Å². The van der Waals surface area contributed by atoms with Gasteiger partial charge in [0, 0.05) is 23.5 Å². The molecule has 0 fully saturated rings. The van der Waals surface area contributed by atoms with Gasteiger partial charge in [-0.3, -0.25) is 9.98 Å². The van der Waals surface area contributed by atoms with E-state index in [1.165, 1.54) is 0 Å². The number of pyridine rings is 1. The van der Waals surface area contributed by atoms with Gasteiger partial charge >= 0.3 is 0 Å². The summed E-state index contributed by atoms with van der Waals surface area (Å²) >= 11 is 5.23. The smallest absolute Gasteiger partial charge is 0.102 e. The maximum absolute atomic E-state index is 5.23. The van der Waals surface area contributed by atoms with Crippen LogP contribution in [0.5, 0.6) is 0 Å². The lowest BCUT2D eigenvalue weighted by Gasteiger charge is -2.09. The lowest BCUT2D eigenvalue weighted by molar-refractivity contribution is 1.30. The third-order valence-electron chi connectivity index (χ3n) is 2.78. The first kappa shape index (κ1) is 11.0. The molecular formula is C14H11N3S. The summed E-state index contributed by atoms with van der Waals surface area (Å²) in [7, 11) is 0. The molecule has 0 aliphatic carbocycles. The molecule has 0 spiro atoms. The Kier molecular flexibility index (Phi) is 2.86. The molecule has 0 saturated carbocycles. The molecule has 3 rings (SSSR count). The monoisotopic (exact) mass is 253 g/mol. The van der Waals surface area contributed by atoms with Crippen LogP contribution in [-0.4, -0.2) is 22.2 Å². The van der Waals surface area contributed by atoms with Crippen LogP contribution in [0.15, 0.2) is 53.8 Å². The molecule has 1 aromatic carbocycles. The summed E-state index contributed by atoms with van der Waals surface area (Å²) in [6, 6.07) is 12.0. The summed E-state index contributed by atoms with van der Waals surface area (Å²) < 4.78 is 0. The molecule has 4 heteroatoms. The molecule has 3 nitrogen and oxygen atoms in total. The Hall–Kier alpha value is -2.07. The molecule has 1 aliphatic rings. The summed E-state index contributed by atoms with van der Waals surface area (Å²) in [6.45, 7) is 0.508. The molecule has 0 bridgehead atoms. The Bertz CT molecular complexity index is 620. The zero-order chi connectivity index (χ0) is 12.4. The van der Waals surface area contributed by atoms with Crippen LogP contribution in [0.3, 0.4) is 0 Å². The van der Waals surface area contributed by atoms with E-state index in [1.807, 2.05) is 42.6 Å². The van der Waals surface area contributed by atoms with Gasteiger partial charge in [-0.1, -0.05) is 42.5 Å². The van der Waals surface area contributed by atoms with Crippen LogP contribution in [0.1, 0.15) is 11.1 Å². The van der Waals surface area contributed by atoms with Crippen LogP contribution in [-0.2, 0) is 0 Å². The van der Waals surface area contributed by atoms with Gasteiger partial charge in [0.05, 0.1) is 17.9 Å². The highest BCUT2D eigenvalue weighted by molar-refractivity contribution is 7.80. The summed E-state index contributed by atoms with van der Waals surface area (Å²) in [4.78, 5) is 9.50. The van der Waals surface area contributed by atoms with Gasteiger partial charge in [-0.25, -0.2) is 0 Å². The minimum Gasteiger partial charge on any atom is -0.348 e. The summed E-state index contributed by atoms with van der Waals surface area (Å²) in [5, 5.41) is 3.20. The number of aliphatic imine (C=N–C) groups is 1. The zero-order valence-corrected chi connectivity index (χ0v) is 10.4. The maximum Gasteiger partial charge on any atom is 0.102 e. The molecule has 1 aliphatic heterocycles. The molecule has 2 aromatic rings. The fourth-order valence-electron chi connectivity index (χ4n) is 1.96. The van der Waals surface area contributed by atoms with Crippen molar-refractivity contribution in [2.75, 3.05) is 11.9 Å². The van der Waals surface area contributed by atoms with Crippen molar-refractivity contribution in [1.82, 2.24) is 4.98 Å². The van der Waals surface area contributed by atoms with Crippen LogP contribution in [0, 0.1) is 0 Å². The van der Waals surface area contributed by atoms with E-state index in [4.69, 9.17) is 12.2 Å². The SMILES string of the molecule is S=C1CN=C(c2ccccc2)c2cnccc2N1. The highest BCUT2D eigenvalue weighted by Crippen LogP contribution is 2.21. The number of fused-ring (bicyclic) bond motifs is 1. The number of anilines is 1. The highest BCUT2D eigenvalue weighted by Gasteiger charge is 2.15. The van der Waals surface area contributed by atoms with Crippen LogP contribution in [0.4, 0.5) is 5.69 Å². The normalized spacial score (nSPS) is 14.2. The number of benzene rings is 1. The van der Waals surface area contributed by atoms with Gasteiger partial charge in [0.15, 0.2) is 0 Å². The Morgan fingerprint density at radius 2 is 1.94 bits per heavy atom. The second-order valence-electron chi connectivity index (χ2n) is 4.00. The molecule has 2 heterocycles. The van der Waals surface area contributed by atoms with Crippen molar-refractivity contribution in [1.29, 1.82) is 0 Å². The first-order chi connectivity index (χ1) is 8.84. The van der Waals surface area contributed by atoms with Gasteiger partial charge < -0.3 is 5.32 Å². The van der Waals surface area contributed by atoms with Crippen molar-refractivity contribution >= 4 is 28.6 Å². The average Bonchev–Trinajstić information content (AvgIpc) is 2.58. The molecule has 1 N–H and O–H groups in total. The van der Waals surface area contributed by atoms with Crippen LogP contribution >= 0.6 is 12.2 Å².